The lowest BCUT2D eigenvalue weighted by Crippen LogP contribution is -2.24. The number of aldehydes is 1. The Kier molecular flexibility index (Phi) is 7.79. The highest BCUT2D eigenvalue weighted by Gasteiger charge is 2.41. The van der Waals surface area contributed by atoms with Gasteiger partial charge in [-0.05, 0) is 42.7 Å². The summed E-state index contributed by atoms with van der Waals surface area (Å²) in [5.74, 6) is 0.687. The number of carbonyl (C=O) groups is 1. The summed E-state index contributed by atoms with van der Waals surface area (Å²) in [5, 5.41) is 4.89. The van der Waals surface area contributed by atoms with Gasteiger partial charge in [0.1, 0.15) is 6.29 Å². The molecule has 0 aliphatic carbocycles. The molecule has 2 heterocycles. The lowest BCUT2D eigenvalue weighted by Gasteiger charge is -2.30. The third-order valence-electron chi connectivity index (χ3n) is 5.51. The molecule has 0 amide bonds. The van der Waals surface area contributed by atoms with Crippen molar-refractivity contribution in [1.82, 2.24) is 19.6 Å². The first kappa shape index (κ1) is 25.1. The van der Waals surface area contributed by atoms with E-state index < -0.39 is 0 Å². The molecule has 2 N–H and O–H groups in total. The third-order valence-corrected chi connectivity index (χ3v) is 5.77. The standard InChI is InChI=1S/C26H31ClN6O/c1-7-22(28)24-25(30-23-12-13-29-32(23)6)18(3)33(21(15-31(4)5)14-17(2)16-34)26(24)19-8-10-20(27)11-9-19/h8-16,26H,3,7,28H2,1-2,4-6H3/b17-14-,21-15+,24-22?,30-25?. The maximum atomic E-state index is 11.5. The van der Waals surface area contributed by atoms with Crippen LogP contribution in [-0.4, -0.2) is 45.7 Å². The van der Waals surface area contributed by atoms with E-state index in [1.165, 1.54) is 0 Å². The molecule has 8 heteroatoms. The summed E-state index contributed by atoms with van der Waals surface area (Å²) >= 11 is 6.20. The Hall–Kier alpha value is -3.58. The predicted octanol–water partition coefficient (Wildman–Crippen LogP) is 4.89. The number of hydrogen-bond donors (Lipinski definition) is 1. The molecule has 3 rings (SSSR count). The highest BCUT2D eigenvalue weighted by atomic mass is 35.5. The molecule has 34 heavy (non-hydrogen) atoms. The maximum absolute atomic E-state index is 11.5. The summed E-state index contributed by atoms with van der Waals surface area (Å²) in [5.41, 5.74) is 11.9. The van der Waals surface area contributed by atoms with Gasteiger partial charge in [0.25, 0.3) is 0 Å². The highest BCUT2D eigenvalue weighted by molar-refractivity contribution is 6.30. The second-order valence-corrected chi connectivity index (χ2v) is 8.80. The molecule has 1 fully saturated rings. The zero-order valence-electron chi connectivity index (χ0n) is 20.3. The minimum atomic E-state index is -0.307. The smallest absolute Gasteiger partial charge is 0.150 e. The number of nitrogens with zero attached hydrogens (tertiary/aromatic N) is 5. The van der Waals surface area contributed by atoms with Crippen molar-refractivity contribution < 1.29 is 4.79 Å². The zero-order valence-corrected chi connectivity index (χ0v) is 21.0. The molecule has 1 aromatic carbocycles. The third kappa shape index (κ3) is 5.15. The number of nitrogens with two attached hydrogens (primary N) is 1. The van der Waals surface area contributed by atoms with E-state index in [9.17, 15) is 4.79 Å². The average Bonchev–Trinajstić information content (AvgIpc) is 3.33. The van der Waals surface area contributed by atoms with E-state index >= 15 is 0 Å². The van der Waals surface area contributed by atoms with Crippen LogP contribution in [0.5, 0.6) is 0 Å². The maximum Gasteiger partial charge on any atom is 0.150 e. The molecule has 1 aliphatic rings. The minimum absolute atomic E-state index is 0.307. The molecule has 0 bridgehead atoms. The summed E-state index contributed by atoms with van der Waals surface area (Å²) < 4.78 is 1.70. The zero-order chi connectivity index (χ0) is 25.0. The van der Waals surface area contributed by atoms with Crippen molar-refractivity contribution in [2.45, 2.75) is 26.3 Å². The van der Waals surface area contributed by atoms with Crippen molar-refractivity contribution >= 4 is 29.4 Å². The molecule has 0 radical (unpaired) electrons. The van der Waals surface area contributed by atoms with E-state index in [1.807, 2.05) is 75.6 Å². The van der Waals surface area contributed by atoms with Crippen molar-refractivity contribution in [2.75, 3.05) is 14.1 Å². The van der Waals surface area contributed by atoms with Crippen molar-refractivity contribution in [1.29, 1.82) is 0 Å². The molecule has 1 aromatic heterocycles. The second kappa shape index (κ2) is 10.6. The van der Waals surface area contributed by atoms with Gasteiger partial charge in [-0.15, -0.1) is 0 Å². The molecule has 1 aliphatic heterocycles. The molecule has 7 nitrogen and oxygen atoms in total. The van der Waals surface area contributed by atoms with Crippen LogP contribution in [0.25, 0.3) is 0 Å². The number of carbonyl (C=O) groups excluding carboxylic acids is 1. The van der Waals surface area contributed by atoms with Crippen LogP contribution in [0, 0.1) is 0 Å². The SMILES string of the molecule is C=C1C(=Nc2ccnn2C)C(=C(N)CC)C(c2ccc(Cl)cc2)N1C(/C=C(/C)C=O)=C/N(C)C. The molecule has 1 saturated heterocycles. The number of aryl methyl sites for hydroxylation is 1. The Morgan fingerprint density at radius 2 is 1.97 bits per heavy atom. The molecule has 178 valence electrons. The van der Waals surface area contributed by atoms with Crippen LogP contribution in [0.3, 0.4) is 0 Å². The number of halogens is 1. The van der Waals surface area contributed by atoms with Gasteiger partial charge in [0, 0.05) is 49.7 Å². The van der Waals surface area contributed by atoms with E-state index in [0.717, 1.165) is 23.1 Å². The number of aromatic nitrogens is 2. The van der Waals surface area contributed by atoms with Gasteiger partial charge in [-0.25, -0.2) is 4.99 Å². The topological polar surface area (TPSA) is 79.8 Å². The van der Waals surface area contributed by atoms with Crippen LogP contribution < -0.4 is 5.73 Å². The fourth-order valence-corrected chi connectivity index (χ4v) is 4.01. The summed E-state index contributed by atoms with van der Waals surface area (Å²) in [4.78, 5) is 20.5. The first-order valence-corrected chi connectivity index (χ1v) is 11.4. The summed E-state index contributed by atoms with van der Waals surface area (Å²) in [6.07, 6.45) is 6.97. The van der Waals surface area contributed by atoms with Crippen molar-refractivity contribution in [3.63, 3.8) is 0 Å². The van der Waals surface area contributed by atoms with Crippen LogP contribution in [0.4, 0.5) is 5.82 Å². The van der Waals surface area contributed by atoms with Crippen molar-refractivity contribution in [2.24, 2.45) is 17.8 Å². The summed E-state index contributed by atoms with van der Waals surface area (Å²) in [6, 6.07) is 9.21. The van der Waals surface area contributed by atoms with Gasteiger partial charge in [-0.1, -0.05) is 37.2 Å². The Morgan fingerprint density at radius 3 is 2.50 bits per heavy atom. The molecule has 0 saturated carbocycles. The van der Waals surface area contributed by atoms with E-state index in [4.69, 9.17) is 22.3 Å². The largest absolute Gasteiger partial charge is 0.402 e. The number of benzene rings is 1. The second-order valence-electron chi connectivity index (χ2n) is 8.36. The van der Waals surface area contributed by atoms with Crippen LogP contribution in [0.2, 0.25) is 5.02 Å². The first-order valence-electron chi connectivity index (χ1n) is 11.0. The van der Waals surface area contributed by atoms with Gasteiger partial charge in [0.05, 0.1) is 29.3 Å². The van der Waals surface area contributed by atoms with Gasteiger partial charge >= 0.3 is 0 Å². The lowest BCUT2D eigenvalue weighted by atomic mass is 9.95. The number of aliphatic imine (C=N–C) groups is 1. The average molecular weight is 479 g/mol. The normalized spacial score (nSPS) is 19.7. The fourth-order valence-electron chi connectivity index (χ4n) is 3.88. The monoisotopic (exact) mass is 478 g/mol. The molecule has 2 aromatic rings. The summed E-state index contributed by atoms with van der Waals surface area (Å²) in [6.45, 7) is 8.21. The van der Waals surface area contributed by atoms with Crippen LogP contribution in [-0.2, 0) is 11.8 Å². The number of rotatable bonds is 7. The minimum Gasteiger partial charge on any atom is -0.402 e. The van der Waals surface area contributed by atoms with Gasteiger partial charge in [-0.3, -0.25) is 9.48 Å². The number of likely N-dealkylation sites (tertiary alicyclic amines) is 1. The molecule has 1 atom stereocenters. The lowest BCUT2D eigenvalue weighted by molar-refractivity contribution is -0.104. The van der Waals surface area contributed by atoms with E-state index in [0.29, 0.717) is 39.9 Å². The Labute approximate surface area is 206 Å². The Balaban J connectivity index is 2.36. The van der Waals surface area contributed by atoms with Gasteiger partial charge in [0.15, 0.2) is 5.82 Å². The van der Waals surface area contributed by atoms with Crippen LogP contribution in [0.15, 0.2) is 88.6 Å². The molecular weight excluding hydrogens is 448 g/mol. The quantitative estimate of drug-likeness (QED) is 0.348. The fraction of sp³-hybridized carbons (Fsp3) is 0.269. The van der Waals surface area contributed by atoms with E-state index in [1.54, 1.807) is 17.8 Å². The van der Waals surface area contributed by atoms with Crippen molar-refractivity contribution in [3.05, 3.63) is 94.2 Å². The molecular formula is C26H31ClN6O. The number of hydrogen-bond acceptors (Lipinski definition) is 6. The first-order chi connectivity index (χ1) is 16.2. The summed E-state index contributed by atoms with van der Waals surface area (Å²) in [7, 11) is 5.70. The van der Waals surface area contributed by atoms with Gasteiger partial charge < -0.3 is 15.5 Å². The van der Waals surface area contributed by atoms with Crippen LogP contribution >= 0.6 is 11.6 Å². The Bertz CT molecular complexity index is 1200. The van der Waals surface area contributed by atoms with Crippen LogP contribution in [0.1, 0.15) is 31.9 Å². The van der Waals surface area contributed by atoms with Crippen molar-refractivity contribution in [3.8, 4) is 0 Å². The molecule has 0 spiro atoms. The van der Waals surface area contributed by atoms with Gasteiger partial charge in [-0.2, -0.15) is 5.10 Å². The number of allylic oxidation sites excluding steroid dienone is 4. The molecule has 1 unspecified atom stereocenters. The van der Waals surface area contributed by atoms with E-state index in [-0.39, 0.29) is 6.04 Å². The van der Waals surface area contributed by atoms with E-state index in [2.05, 4.69) is 16.6 Å². The van der Waals surface area contributed by atoms with Gasteiger partial charge in [0.2, 0.25) is 0 Å². The highest BCUT2D eigenvalue weighted by Crippen LogP contribution is 2.45. The predicted molar refractivity (Wildman–Crippen MR) is 139 cm³/mol. The Morgan fingerprint density at radius 1 is 1.29 bits per heavy atom.